The van der Waals surface area contributed by atoms with Gasteiger partial charge in [-0.15, -0.1) is 0 Å². The van der Waals surface area contributed by atoms with Gasteiger partial charge in [-0.1, -0.05) is 50.8 Å². The van der Waals surface area contributed by atoms with Gasteiger partial charge in [0.15, 0.2) is 0 Å². The minimum Gasteiger partial charge on any atom is -0.310 e. The fraction of sp³-hybridized carbons (Fsp3) is 0.600. The smallest absolute Gasteiger partial charge is 0.142 e. The maximum atomic E-state index is 13.3. The molecule has 0 bridgehead atoms. The van der Waals surface area contributed by atoms with Gasteiger partial charge in [0.25, 0.3) is 0 Å². The molecule has 102 valence electrons. The summed E-state index contributed by atoms with van der Waals surface area (Å²) in [5.41, 5.74) is 0.953. The lowest BCUT2D eigenvalue weighted by Gasteiger charge is -2.18. The molecule has 1 N–H and O–H groups in total. The van der Waals surface area contributed by atoms with E-state index in [2.05, 4.69) is 19.2 Å². The van der Waals surface area contributed by atoms with E-state index in [0.717, 1.165) is 5.56 Å². The van der Waals surface area contributed by atoms with E-state index in [-0.39, 0.29) is 10.8 Å². The topological polar surface area (TPSA) is 12.0 Å². The third-order valence-corrected chi connectivity index (χ3v) is 3.43. The second-order valence-corrected chi connectivity index (χ2v) is 5.16. The average molecular weight is 272 g/mol. The second-order valence-electron chi connectivity index (χ2n) is 4.76. The molecule has 1 atom stereocenters. The van der Waals surface area contributed by atoms with Crippen LogP contribution in [0.5, 0.6) is 0 Å². The third kappa shape index (κ3) is 5.36. The van der Waals surface area contributed by atoms with E-state index in [4.69, 9.17) is 11.6 Å². The first-order chi connectivity index (χ1) is 8.67. The van der Waals surface area contributed by atoms with Gasteiger partial charge in [0, 0.05) is 12.6 Å². The fourth-order valence-corrected chi connectivity index (χ4v) is 2.18. The Balaban J connectivity index is 2.47. The molecule has 0 saturated heterocycles. The van der Waals surface area contributed by atoms with Crippen molar-refractivity contribution in [3.63, 3.8) is 0 Å². The number of rotatable bonds is 8. The Labute approximate surface area is 115 Å². The number of hydrogen-bond acceptors (Lipinski definition) is 1. The van der Waals surface area contributed by atoms with Crippen molar-refractivity contribution in [1.29, 1.82) is 0 Å². The zero-order chi connectivity index (χ0) is 13.4. The first-order valence-corrected chi connectivity index (χ1v) is 7.22. The summed E-state index contributed by atoms with van der Waals surface area (Å²) in [4.78, 5) is 0. The van der Waals surface area contributed by atoms with Crippen LogP contribution in [-0.2, 0) is 6.54 Å². The number of nitrogens with one attached hydrogen (secondary N) is 1. The van der Waals surface area contributed by atoms with Crippen molar-refractivity contribution in [3.05, 3.63) is 34.6 Å². The highest BCUT2D eigenvalue weighted by Crippen LogP contribution is 2.16. The molecule has 0 spiro atoms. The molecule has 1 aromatic carbocycles. The van der Waals surface area contributed by atoms with Crippen LogP contribution in [0.4, 0.5) is 4.39 Å². The maximum absolute atomic E-state index is 13.3. The number of unbranched alkanes of at least 4 members (excludes halogenated alkanes) is 1. The van der Waals surface area contributed by atoms with E-state index < -0.39 is 0 Å². The molecule has 0 aliphatic carbocycles. The van der Waals surface area contributed by atoms with Crippen LogP contribution in [0.1, 0.15) is 51.5 Å². The molecular weight excluding hydrogens is 249 g/mol. The fourth-order valence-electron chi connectivity index (χ4n) is 2.06. The Morgan fingerprint density at radius 1 is 1.22 bits per heavy atom. The molecule has 0 aliphatic heterocycles. The van der Waals surface area contributed by atoms with Crippen molar-refractivity contribution in [2.45, 2.75) is 58.5 Å². The molecule has 0 radical (unpaired) electrons. The van der Waals surface area contributed by atoms with E-state index in [0.29, 0.717) is 12.6 Å². The third-order valence-electron chi connectivity index (χ3n) is 3.12. The molecule has 1 rings (SSSR count). The summed E-state index contributed by atoms with van der Waals surface area (Å²) in [6.45, 7) is 5.11. The summed E-state index contributed by atoms with van der Waals surface area (Å²) in [6.07, 6.45) is 6.01. The number of halogens is 2. The highest BCUT2D eigenvalue weighted by molar-refractivity contribution is 6.30. The summed E-state index contributed by atoms with van der Waals surface area (Å²) >= 11 is 5.67. The SMILES string of the molecule is CCCCC(CCC)NCc1ccc(Cl)c(F)c1. The van der Waals surface area contributed by atoms with Gasteiger partial charge in [0.1, 0.15) is 5.82 Å². The Hall–Kier alpha value is -0.600. The van der Waals surface area contributed by atoms with Crippen LogP contribution in [0, 0.1) is 5.82 Å². The largest absolute Gasteiger partial charge is 0.310 e. The lowest BCUT2D eigenvalue weighted by atomic mass is 10.0. The lowest BCUT2D eigenvalue weighted by molar-refractivity contribution is 0.433. The van der Waals surface area contributed by atoms with E-state index >= 15 is 0 Å². The number of benzene rings is 1. The summed E-state index contributed by atoms with van der Waals surface area (Å²) < 4.78 is 13.3. The Kier molecular flexibility index (Phi) is 7.29. The highest BCUT2D eigenvalue weighted by atomic mass is 35.5. The lowest BCUT2D eigenvalue weighted by Crippen LogP contribution is -2.28. The molecule has 0 saturated carbocycles. The van der Waals surface area contributed by atoms with Crippen LogP contribution in [0.3, 0.4) is 0 Å². The van der Waals surface area contributed by atoms with Crippen molar-refractivity contribution in [2.24, 2.45) is 0 Å². The Bertz CT molecular complexity index is 354. The van der Waals surface area contributed by atoms with Crippen LogP contribution < -0.4 is 5.32 Å². The van der Waals surface area contributed by atoms with Gasteiger partial charge in [-0.2, -0.15) is 0 Å². The first kappa shape index (κ1) is 15.5. The minimum atomic E-state index is -0.337. The first-order valence-electron chi connectivity index (χ1n) is 6.84. The van der Waals surface area contributed by atoms with Crippen molar-refractivity contribution in [3.8, 4) is 0 Å². The molecule has 0 heterocycles. The second kappa shape index (κ2) is 8.49. The normalized spacial score (nSPS) is 12.7. The van der Waals surface area contributed by atoms with Crippen LogP contribution in [0.2, 0.25) is 5.02 Å². The summed E-state index contributed by atoms with van der Waals surface area (Å²) in [5.74, 6) is -0.337. The van der Waals surface area contributed by atoms with Crippen molar-refractivity contribution in [1.82, 2.24) is 5.32 Å². The van der Waals surface area contributed by atoms with E-state index in [1.165, 1.54) is 38.2 Å². The molecule has 0 aliphatic rings. The molecule has 1 unspecified atom stereocenters. The Morgan fingerprint density at radius 3 is 2.61 bits per heavy atom. The van der Waals surface area contributed by atoms with Crippen LogP contribution in [-0.4, -0.2) is 6.04 Å². The van der Waals surface area contributed by atoms with Gasteiger partial charge in [-0.3, -0.25) is 0 Å². The summed E-state index contributed by atoms with van der Waals surface area (Å²) in [7, 11) is 0. The molecule has 0 fully saturated rings. The molecule has 0 aromatic heterocycles. The zero-order valence-corrected chi connectivity index (χ0v) is 12.1. The number of hydrogen-bond donors (Lipinski definition) is 1. The molecule has 1 aromatic rings. The highest BCUT2D eigenvalue weighted by Gasteiger charge is 2.07. The van der Waals surface area contributed by atoms with Crippen molar-refractivity contribution < 1.29 is 4.39 Å². The monoisotopic (exact) mass is 271 g/mol. The van der Waals surface area contributed by atoms with Gasteiger partial charge >= 0.3 is 0 Å². The minimum absolute atomic E-state index is 0.190. The predicted molar refractivity (Wildman–Crippen MR) is 76.5 cm³/mol. The summed E-state index contributed by atoms with van der Waals surface area (Å²) in [6, 6.07) is 5.54. The van der Waals surface area contributed by atoms with Gasteiger partial charge in [-0.05, 0) is 30.5 Å². The van der Waals surface area contributed by atoms with E-state index in [9.17, 15) is 4.39 Å². The van der Waals surface area contributed by atoms with Gasteiger partial charge in [0.05, 0.1) is 5.02 Å². The van der Waals surface area contributed by atoms with E-state index in [1.807, 2.05) is 6.07 Å². The van der Waals surface area contributed by atoms with Gasteiger partial charge in [0.2, 0.25) is 0 Å². The predicted octanol–water partition coefficient (Wildman–Crippen LogP) is 4.93. The molecule has 3 heteroatoms. The molecular formula is C15H23ClFN. The van der Waals surface area contributed by atoms with Gasteiger partial charge < -0.3 is 5.32 Å². The standard InChI is InChI=1S/C15H23ClFN/c1-3-5-7-13(6-4-2)18-11-12-8-9-14(16)15(17)10-12/h8-10,13,18H,3-7,11H2,1-2H3. The van der Waals surface area contributed by atoms with Crippen LogP contribution in [0.15, 0.2) is 18.2 Å². The maximum Gasteiger partial charge on any atom is 0.142 e. The van der Waals surface area contributed by atoms with Crippen molar-refractivity contribution in [2.75, 3.05) is 0 Å². The van der Waals surface area contributed by atoms with E-state index in [1.54, 1.807) is 6.07 Å². The molecule has 1 nitrogen and oxygen atoms in total. The molecule has 18 heavy (non-hydrogen) atoms. The van der Waals surface area contributed by atoms with Crippen molar-refractivity contribution >= 4 is 11.6 Å². The van der Waals surface area contributed by atoms with Crippen LogP contribution in [0.25, 0.3) is 0 Å². The van der Waals surface area contributed by atoms with Gasteiger partial charge in [-0.25, -0.2) is 4.39 Å². The van der Waals surface area contributed by atoms with Crippen LogP contribution >= 0.6 is 11.6 Å². The summed E-state index contributed by atoms with van der Waals surface area (Å²) in [5, 5.41) is 3.70. The Morgan fingerprint density at radius 2 is 2.00 bits per heavy atom. The molecule has 0 amide bonds. The quantitative estimate of drug-likeness (QED) is 0.707. The zero-order valence-electron chi connectivity index (χ0n) is 11.3. The average Bonchev–Trinajstić information content (AvgIpc) is 2.37.